The summed E-state index contributed by atoms with van der Waals surface area (Å²) < 4.78 is 43.5. The number of thioether (sulfide) groups is 2. The fourth-order valence-corrected chi connectivity index (χ4v) is 8.05. The first-order chi connectivity index (χ1) is 18.8. The van der Waals surface area contributed by atoms with Gasteiger partial charge >= 0.3 is 0 Å². The molecule has 11 heteroatoms. The first-order valence-corrected chi connectivity index (χ1v) is 17.8. The zero-order valence-corrected chi connectivity index (χ0v) is 25.6. The number of para-hydroxylation sites is 1. The second-order valence-corrected chi connectivity index (χ2v) is 13.9. The summed E-state index contributed by atoms with van der Waals surface area (Å²) in [6.07, 6.45) is 12.6. The minimum atomic E-state index is -4.94. The van der Waals surface area contributed by atoms with E-state index >= 15 is 0 Å². The van der Waals surface area contributed by atoms with Crippen molar-refractivity contribution in [2.24, 2.45) is 5.92 Å². The third kappa shape index (κ3) is 9.76. The van der Waals surface area contributed by atoms with E-state index in [0.717, 1.165) is 50.3 Å². The summed E-state index contributed by atoms with van der Waals surface area (Å²) in [5, 5.41) is 1.38. The van der Waals surface area contributed by atoms with E-state index in [1.807, 2.05) is 34.9 Å². The maximum Gasteiger partial charge on any atom is 0.263 e. The molecule has 214 valence electrons. The summed E-state index contributed by atoms with van der Waals surface area (Å²) in [5.41, 5.74) is 6.00. The lowest BCUT2D eigenvalue weighted by molar-refractivity contribution is -2.00. The monoisotopic (exact) mass is 612 g/mol. The zero-order valence-electron chi connectivity index (χ0n) is 22.3. The van der Waals surface area contributed by atoms with Crippen LogP contribution >= 0.6 is 34.9 Å². The number of allylic oxidation sites excluding steroid dienone is 5. The SMILES string of the molecule is CC[n+]1c(/C=C2/C=C3C=C(N4CCSCCOCCSCC4)CCC3CC2)sc2ccccc21.[O-][Cl+3]([O-])([O-])[O-]. The standard InChI is InChI=1S/C28H37N2OS3.ClHO4/c1-2-30-26-5-3-4-6-27(26)34-28(30)20-22-7-8-23-9-10-25(21-24(23)19-22)29-11-15-32-17-13-31-14-18-33-16-12-29;2-1(3,4)5/h3-6,19-21,23H,2,7-18H2,1H3;(H,2,3,4,5)/q+1;/p-1. The topological polar surface area (TPSA) is 109 Å². The highest BCUT2D eigenvalue weighted by Crippen LogP contribution is 2.39. The molecule has 1 fully saturated rings. The fourth-order valence-electron chi connectivity index (χ4n) is 5.27. The normalized spacial score (nSPS) is 22.6. The van der Waals surface area contributed by atoms with Crippen molar-refractivity contribution in [3.8, 4) is 0 Å². The van der Waals surface area contributed by atoms with Gasteiger partial charge in [-0.05, 0) is 61.8 Å². The maximum absolute atomic E-state index is 8.49. The zero-order chi connectivity index (χ0) is 27.7. The molecule has 1 aromatic heterocycles. The van der Waals surface area contributed by atoms with Gasteiger partial charge in [-0.25, -0.2) is 18.6 Å². The molecule has 2 heterocycles. The molecule has 5 rings (SSSR count). The van der Waals surface area contributed by atoms with Gasteiger partial charge in [0.2, 0.25) is 5.52 Å². The summed E-state index contributed by atoms with van der Waals surface area (Å²) >= 11 is 6.00. The third-order valence-corrected chi connectivity index (χ3v) is 10.1. The van der Waals surface area contributed by atoms with E-state index in [4.69, 9.17) is 23.4 Å². The molecule has 3 aliphatic rings. The fraction of sp³-hybridized carbons (Fsp3) is 0.536. The molecule has 0 radical (unpaired) electrons. The Hall–Kier alpha value is -1.08. The lowest BCUT2D eigenvalue weighted by Crippen LogP contribution is -2.68. The van der Waals surface area contributed by atoms with Crippen molar-refractivity contribution in [3.05, 3.63) is 58.3 Å². The molecule has 0 bridgehead atoms. The number of hydrogen-bond acceptors (Lipinski definition) is 9. The Kier molecular flexibility index (Phi) is 12.1. The van der Waals surface area contributed by atoms with E-state index < -0.39 is 10.2 Å². The van der Waals surface area contributed by atoms with Gasteiger partial charge in [-0.1, -0.05) is 29.5 Å². The van der Waals surface area contributed by atoms with E-state index in [2.05, 4.69) is 58.9 Å². The van der Waals surface area contributed by atoms with Gasteiger partial charge in [0.25, 0.3) is 5.01 Å². The number of halogens is 1. The molecule has 39 heavy (non-hydrogen) atoms. The number of thiazole rings is 1. The van der Waals surface area contributed by atoms with Crippen LogP contribution in [0.15, 0.2) is 53.3 Å². The van der Waals surface area contributed by atoms with Crippen molar-refractivity contribution in [1.82, 2.24) is 4.90 Å². The molecule has 1 saturated heterocycles. The Labute approximate surface area is 246 Å². The largest absolute Gasteiger partial charge is 0.380 e. The van der Waals surface area contributed by atoms with Gasteiger partial charge in [-0.3, -0.25) is 0 Å². The van der Waals surface area contributed by atoms with Crippen molar-refractivity contribution in [2.45, 2.75) is 39.2 Å². The molecular formula is C28H37ClN2O5S3. The Morgan fingerprint density at radius 3 is 2.33 bits per heavy atom. The molecule has 0 spiro atoms. The van der Waals surface area contributed by atoms with Gasteiger partial charge in [-0.15, -0.1) is 10.2 Å². The number of aryl methyl sites for hydroxylation is 1. The highest BCUT2D eigenvalue weighted by Gasteiger charge is 2.26. The number of benzene rings is 1. The van der Waals surface area contributed by atoms with Crippen molar-refractivity contribution in [1.29, 1.82) is 0 Å². The van der Waals surface area contributed by atoms with E-state index in [1.54, 1.807) is 11.3 Å². The van der Waals surface area contributed by atoms with E-state index in [0.29, 0.717) is 0 Å². The number of aromatic nitrogens is 1. The van der Waals surface area contributed by atoms with Gasteiger partial charge in [0.1, 0.15) is 11.2 Å². The predicted molar refractivity (Wildman–Crippen MR) is 151 cm³/mol. The Morgan fingerprint density at radius 2 is 1.64 bits per heavy atom. The van der Waals surface area contributed by atoms with Crippen molar-refractivity contribution < 1.29 is 38.2 Å². The molecule has 1 aliphatic heterocycles. The Bertz CT molecular complexity index is 1160. The van der Waals surface area contributed by atoms with Gasteiger partial charge in [-0.2, -0.15) is 28.1 Å². The van der Waals surface area contributed by atoms with E-state index in [1.165, 1.54) is 58.0 Å². The average Bonchev–Trinajstić information content (AvgIpc) is 3.24. The van der Waals surface area contributed by atoms with E-state index in [9.17, 15) is 0 Å². The van der Waals surface area contributed by atoms with Crippen LogP contribution in [0, 0.1) is 16.2 Å². The van der Waals surface area contributed by atoms with Crippen LogP contribution in [0.4, 0.5) is 0 Å². The van der Waals surface area contributed by atoms with Crippen LogP contribution in [0.5, 0.6) is 0 Å². The molecule has 2 aromatic rings. The lowest BCUT2D eigenvalue weighted by Gasteiger charge is -2.35. The summed E-state index contributed by atoms with van der Waals surface area (Å²) in [6.45, 7) is 7.40. The molecule has 1 atom stereocenters. The molecule has 1 unspecified atom stereocenters. The lowest BCUT2D eigenvalue weighted by atomic mass is 9.78. The predicted octanol–water partition coefficient (Wildman–Crippen LogP) is 1.65. The highest BCUT2D eigenvalue weighted by atomic mass is 35.7. The van der Waals surface area contributed by atoms with Gasteiger partial charge in [0, 0.05) is 53.9 Å². The number of fused-ring (bicyclic) bond motifs is 2. The molecule has 0 saturated carbocycles. The second kappa shape index (κ2) is 15.2. The molecule has 0 N–H and O–H groups in total. The third-order valence-electron chi connectivity index (χ3n) is 7.11. The van der Waals surface area contributed by atoms with Crippen molar-refractivity contribution in [2.75, 3.05) is 49.3 Å². The maximum atomic E-state index is 8.49. The molecule has 0 amide bonds. The van der Waals surface area contributed by atoms with Crippen molar-refractivity contribution >= 4 is 51.2 Å². The first-order valence-electron chi connectivity index (χ1n) is 13.5. The van der Waals surface area contributed by atoms with Crippen molar-refractivity contribution in [3.63, 3.8) is 0 Å². The Morgan fingerprint density at radius 1 is 0.974 bits per heavy atom. The van der Waals surface area contributed by atoms with Crippen LogP contribution in [-0.2, 0) is 11.3 Å². The molecule has 1 aromatic carbocycles. The summed E-state index contributed by atoms with van der Waals surface area (Å²) in [5.74, 6) is 5.38. The van der Waals surface area contributed by atoms with Crippen LogP contribution in [0.3, 0.4) is 0 Å². The van der Waals surface area contributed by atoms with Gasteiger partial charge in [0.15, 0.2) is 0 Å². The summed E-state index contributed by atoms with van der Waals surface area (Å²) in [4.78, 5) is 2.69. The van der Waals surface area contributed by atoms with Crippen LogP contribution in [0.25, 0.3) is 16.3 Å². The minimum absolute atomic E-state index is 0.745. The first kappa shape index (κ1) is 30.9. The van der Waals surface area contributed by atoms with Crippen LogP contribution in [0.1, 0.15) is 37.6 Å². The van der Waals surface area contributed by atoms with Gasteiger partial charge < -0.3 is 9.64 Å². The van der Waals surface area contributed by atoms with Crippen LogP contribution < -0.4 is 23.2 Å². The summed E-state index contributed by atoms with van der Waals surface area (Å²) in [6, 6.07) is 8.81. The smallest absolute Gasteiger partial charge is 0.263 e. The average molecular weight is 613 g/mol. The number of rotatable bonds is 3. The minimum Gasteiger partial charge on any atom is -0.380 e. The highest BCUT2D eigenvalue weighted by molar-refractivity contribution is 7.99. The molecule has 7 nitrogen and oxygen atoms in total. The van der Waals surface area contributed by atoms with Gasteiger partial charge in [0.05, 0.1) is 13.2 Å². The molecular weight excluding hydrogens is 576 g/mol. The van der Waals surface area contributed by atoms with Crippen LogP contribution in [0.2, 0.25) is 0 Å². The number of ether oxygens (including phenoxy) is 1. The molecule has 2 aliphatic carbocycles. The second-order valence-electron chi connectivity index (χ2n) is 9.63. The van der Waals surface area contributed by atoms with Crippen LogP contribution in [-0.4, -0.2) is 54.2 Å². The summed E-state index contributed by atoms with van der Waals surface area (Å²) in [7, 11) is -4.94. The van der Waals surface area contributed by atoms with E-state index in [-0.39, 0.29) is 0 Å². The number of hydrogen-bond donors (Lipinski definition) is 0. The Balaban J connectivity index is 0.000000648. The quantitative estimate of drug-likeness (QED) is 0.482. The number of nitrogens with zero attached hydrogens (tertiary/aromatic N) is 2.